The number of halogens is 1. The largest absolute Gasteiger partial charge is 0.447 e. The highest BCUT2D eigenvalue weighted by molar-refractivity contribution is 5.96. The summed E-state index contributed by atoms with van der Waals surface area (Å²) in [7, 11) is 0. The Morgan fingerprint density at radius 2 is 2.10 bits per heavy atom. The van der Waals surface area contributed by atoms with Crippen molar-refractivity contribution in [2.75, 3.05) is 5.32 Å². The van der Waals surface area contributed by atoms with E-state index in [4.69, 9.17) is 9.26 Å². The Morgan fingerprint density at radius 1 is 1.38 bits per heavy atom. The monoisotopic (exact) mass is 292 g/mol. The van der Waals surface area contributed by atoms with Gasteiger partial charge in [-0.2, -0.15) is 0 Å². The first-order valence-electron chi connectivity index (χ1n) is 6.17. The molecule has 1 amide bonds. The van der Waals surface area contributed by atoms with Crippen LogP contribution in [0.1, 0.15) is 23.2 Å². The molecule has 0 unspecified atom stereocenters. The van der Waals surface area contributed by atoms with E-state index in [1.807, 2.05) is 0 Å². The lowest BCUT2D eigenvalue weighted by Crippen LogP contribution is -2.30. The third-order valence-electron chi connectivity index (χ3n) is 2.61. The highest BCUT2D eigenvalue weighted by atomic mass is 19.1. The second kappa shape index (κ2) is 6.17. The zero-order valence-corrected chi connectivity index (χ0v) is 11.4. The van der Waals surface area contributed by atoms with Crippen molar-refractivity contribution in [2.24, 2.45) is 0 Å². The van der Waals surface area contributed by atoms with Crippen LogP contribution in [0, 0.1) is 12.7 Å². The molecule has 0 spiro atoms. The van der Waals surface area contributed by atoms with E-state index in [0.29, 0.717) is 5.69 Å². The van der Waals surface area contributed by atoms with Crippen LogP contribution in [0.2, 0.25) is 0 Å². The number of aromatic nitrogens is 1. The van der Waals surface area contributed by atoms with Crippen molar-refractivity contribution in [2.45, 2.75) is 20.0 Å². The summed E-state index contributed by atoms with van der Waals surface area (Å²) in [6.45, 7) is 3.02. The molecule has 0 saturated carbocycles. The molecule has 0 aliphatic heterocycles. The number of nitrogens with one attached hydrogen (secondary N) is 1. The van der Waals surface area contributed by atoms with E-state index in [9.17, 15) is 14.0 Å². The Morgan fingerprint density at radius 3 is 2.71 bits per heavy atom. The van der Waals surface area contributed by atoms with E-state index in [0.717, 1.165) is 0 Å². The standard InChI is InChI=1S/C14H13FN2O4/c1-8-7-12(21-17-8)14(19)20-9(2)13(18)16-11-6-4-3-5-10(11)15/h3-7,9H,1-2H3,(H,16,18)/t9-/m0/s1. The fourth-order valence-electron chi connectivity index (χ4n) is 1.53. The fourth-order valence-corrected chi connectivity index (χ4v) is 1.53. The number of rotatable bonds is 4. The Balaban J connectivity index is 1.97. The molecular weight excluding hydrogens is 279 g/mol. The van der Waals surface area contributed by atoms with Gasteiger partial charge in [-0.15, -0.1) is 0 Å². The van der Waals surface area contributed by atoms with Crippen molar-refractivity contribution in [1.82, 2.24) is 5.16 Å². The SMILES string of the molecule is Cc1cc(C(=O)O[C@@H](C)C(=O)Nc2ccccc2F)on1. The first kappa shape index (κ1) is 14.7. The average molecular weight is 292 g/mol. The maximum atomic E-state index is 13.4. The zero-order valence-electron chi connectivity index (χ0n) is 11.4. The van der Waals surface area contributed by atoms with Crippen LogP contribution < -0.4 is 5.32 Å². The highest BCUT2D eigenvalue weighted by Crippen LogP contribution is 2.13. The molecule has 2 aromatic rings. The van der Waals surface area contributed by atoms with Crippen LogP contribution in [0.15, 0.2) is 34.9 Å². The molecule has 0 aliphatic rings. The van der Waals surface area contributed by atoms with Crippen LogP contribution in [0.25, 0.3) is 0 Å². The molecular formula is C14H13FN2O4. The number of nitrogens with zero attached hydrogens (tertiary/aromatic N) is 1. The fraction of sp³-hybridized carbons (Fsp3) is 0.214. The normalized spacial score (nSPS) is 11.8. The summed E-state index contributed by atoms with van der Waals surface area (Å²) in [5.41, 5.74) is 0.534. The number of benzene rings is 1. The number of ether oxygens (including phenoxy) is 1. The van der Waals surface area contributed by atoms with Crippen LogP contribution in [0.4, 0.5) is 10.1 Å². The van der Waals surface area contributed by atoms with Gasteiger partial charge < -0.3 is 14.6 Å². The average Bonchev–Trinajstić information content (AvgIpc) is 2.88. The Kier molecular flexibility index (Phi) is 4.32. The molecule has 0 aliphatic carbocycles. The molecule has 1 aromatic carbocycles. The summed E-state index contributed by atoms with van der Waals surface area (Å²) >= 11 is 0. The van der Waals surface area contributed by atoms with Crippen molar-refractivity contribution >= 4 is 17.6 Å². The van der Waals surface area contributed by atoms with E-state index in [1.165, 1.54) is 31.2 Å². The van der Waals surface area contributed by atoms with Crippen LogP contribution in [-0.2, 0) is 9.53 Å². The molecule has 21 heavy (non-hydrogen) atoms. The lowest BCUT2D eigenvalue weighted by molar-refractivity contribution is -0.123. The summed E-state index contributed by atoms with van der Waals surface area (Å²) in [6.07, 6.45) is -1.11. The number of para-hydroxylation sites is 1. The molecule has 1 atom stereocenters. The number of anilines is 1. The number of carbonyl (C=O) groups is 2. The van der Waals surface area contributed by atoms with Gasteiger partial charge in [-0.3, -0.25) is 4.79 Å². The van der Waals surface area contributed by atoms with E-state index in [-0.39, 0.29) is 11.4 Å². The van der Waals surface area contributed by atoms with Crippen LogP contribution >= 0.6 is 0 Å². The molecule has 7 heteroatoms. The maximum Gasteiger partial charge on any atom is 0.377 e. The third kappa shape index (κ3) is 3.65. The Labute approximate surface area is 119 Å². The van der Waals surface area contributed by atoms with Gasteiger partial charge in [-0.1, -0.05) is 17.3 Å². The first-order chi connectivity index (χ1) is 9.97. The topological polar surface area (TPSA) is 81.4 Å². The summed E-state index contributed by atoms with van der Waals surface area (Å²) in [6, 6.07) is 7.09. The van der Waals surface area contributed by atoms with Crippen molar-refractivity contribution in [3.63, 3.8) is 0 Å². The summed E-state index contributed by atoms with van der Waals surface area (Å²) < 4.78 is 23.0. The summed E-state index contributed by atoms with van der Waals surface area (Å²) in [5.74, 6) is -2.13. The number of carbonyl (C=O) groups excluding carboxylic acids is 2. The number of amides is 1. The van der Waals surface area contributed by atoms with Crippen LogP contribution in [-0.4, -0.2) is 23.1 Å². The van der Waals surface area contributed by atoms with Crippen molar-refractivity contribution in [3.8, 4) is 0 Å². The Bertz CT molecular complexity index is 668. The van der Waals surface area contributed by atoms with Crippen LogP contribution in [0.3, 0.4) is 0 Å². The maximum absolute atomic E-state index is 13.4. The third-order valence-corrected chi connectivity index (χ3v) is 2.61. The van der Waals surface area contributed by atoms with Crippen molar-refractivity contribution in [1.29, 1.82) is 0 Å². The van der Waals surface area contributed by atoms with Gasteiger partial charge in [-0.25, -0.2) is 9.18 Å². The van der Waals surface area contributed by atoms with Gasteiger partial charge in [-0.05, 0) is 26.0 Å². The van der Waals surface area contributed by atoms with E-state index >= 15 is 0 Å². The predicted molar refractivity (Wildman–Crippen MR) is 71.1 cm³/mol. The van der Waals surface area contributed by atoms with E-state index in [1.54, 1.807) is 13.0 Å². The molecule has 110 valence electrons. The second-order valence-corrected chi connectivity index (χ2v) is 4.35. The summed E-state index contributed by atoms with van der Waals surface area (Å²) in [5, 5.41) is 5.88. The van der Waals surface area contributed by atoms with Gasteiger partial charge in [0.2, 0.25) is 5.76 Å². The van der Waals surface area contributed by atoms with Crippen molar-refractivity contribution < 1.29 is 23.2 Å². The molecule has 0 fully saturated rings. The number of esters is 1. The molecule has 0 bridgehead atoms. The lowest BCUT2D eigenvalue weighted by Gasteiger charge is -2.12. The number of hydrogen-bond acceptors (Lipinski definition) is 5. The van der Waals surface area contributed by atoms with Gasteiger partial charge in [0.15, 0.2) is 6.10 Å². The van der Waals surface area contributed by atoms with Gasteiger partial charge in [0, 0.05) is 6.07 Å². The summed E-state index contributed by atoms with van der Waals surface area (Å²) in [4.78, 5) is 23.5. The zero-order chi connectivity index (χ0) is 15.4. The van der Waals surface area contributed by atoms with E-state index < -0.39 is 23.8 Å². The minimum Gasteiger partial charge on any atom is -0.447 e. The molecule has 1 heterocycles. The predicted octanol–water partition coefficient (Wildman–Crippen LogP) is 2.31. The number of hydrogen-bond donors (Lipinski definition) is 1. The molecule has 0 saturated heterocycles. The molecule has 1 aromatic heterocycles. The first-order valence-corrected chi connectivity index (χ1v) is 6.17. The minimum atomic E-state index is -1.11. The molecule has 2 rings (SSSR count). The lowest BCUT2D eigenvalue weighted by atomic mass is 10.3. The highest BCUT2D eigenvalue weighted by Gasteiger charge is 2.22. The van der Waals surface area contributed by atoms with Gasteiger partial charge in [0.05, 0.1) is 11.4 Å². The van der Waals surface area contributed by atoms with Gasteiger partial charge in [0.25, 0.3) is 5.91 Å². The minimum absolute atomic E-state index is 0.0147. The van der Waals surface area contributed by atoms with Gasteiger partial charge in [0.1, 0.15) is 5.82 Å². The molecule has 0 radical (unpaired) electrons. The molecule has 1 N–H and O–H groups in total. The smallest absolute Gasteiger partial charge is 0.377 e. The van der Waals surface area contributed by atoms with Crippen LogP contribution in [0.5, 0.6) is 0 Å². The quantitative estimate of drug-likeness (QED) is 0.874. The van der Waals surface area contributed by atoms with Gasteiger partial charge >= 0.3 is 5.97 Å². The second-order valence-electron chi connectivity index (χ2n) is 4.35. The van der Waals surface area contributed by atoms with E-state index in [2.05, 4.69) is 10.5 Å². The number of aryl methyl sites for hydroxylation is 1. The Hall–Kier alpha value is -2.70. The van der Waals surface area contributed by atoms with Crippen molar-refractivity contribution in [3.05, 3.63) is 47.6 Å². The molecule has 6 nitrogen and oxygen atoms in total.